The molecule has 0 aliphatic carbocycles. The molecule has 5 atom stereocenters. The van der Waals surface area contributed by atoms with Crippen LogP contribution in [0.3, 0.4) is 0 Å². The quantitative estimate of drug-likeness (QED) is 0.502. The molecule has 2 fully saturated rings. The van der Waals surface area contributed by atoms with Gasteiger partial charge in [0.05, 0.1) is 26.4 Å². The summed E-state index contributed by atoms with van der Waals surface area (Å²) in [6.07, 6.45) is -5.92. The van der Waals surface area contributed by atoms with Gasteiger partial charge < -0.3 is 39.4 Å². The molecule has 0 aromatic heterocycles. The monoisotopic (exact) mass is 446 g/mol. The van der Waals surface area contributed by atoms with E-state index in [4.69, 9.17) is 18.9 Å². The normalized spacial score (nSPS) is 28.7. The molecule has 0 saturated carbocycles. The molecule has 2 aromatic carbocycles. The van der Waals surface area contributed by atoms with Gasteiger partial charge in [0.2, 0.25) is 0 Å². The molecule has 174 valence electrons. The molecule has 0 bridgehead atoms. The van der Waals surface area contributed by atoms with Crippen molar-refractivity contribution in [1.82, 2.24) is 0 Å². The number of aliphatic hydroxyl groups excluding tert-OH is 4. The van der Waals surface area contributed by atoms with Crippen LogP contribution in [0.1, 0.15) is 41.6 Å². The van der Waals surface area contributed by atoms with Crippen LogP contribution in [0.25, 0.3) is 0 Å². The maximum atomic E-state index is 10.5. The summed E-state index contributed by atoms with van der Waals surface area (Å²) in [7, 11) is 0. The van der Waals surface area contributed by atoms with Gasteiger partial charge in [-0.1, -0.05) is 30.3 Å². The predicted octanol–water partition coefficient (Wildman–Crippen LogP) is 1.24. The number of rotatable bonds is 7. The molecule has 4 N–H and O–H groups in total. The molecule has 2 aliphatic rings. The molecular formula is C24H30O8. The van der Waals surface area contributed by atoms with Crippen molar-refractivity contribution in [2.24, 2.45) is 0 Å². The molecule has 2 aliphatic heterocycles. The minimum atomic E-state index is -1.43. The van der Waals surface area contributed by atoms with Gasteiger partial charge in [-0.2, -0.15) is 0 Å². The van der Waals surface area contributed by atoms with Crippen molar-refractivity contribution in [3.8, 4) is 5.75 Å². The van der Waals surface area contributed by atoms with Crippen molar-refractivity contribution in [2.45, 2.75) is 50.2 Å². The second-order valence-electron chi connectivity index (χ2n) is 8.03. The maximum Gasteiger partial charge on any atom is 0.184 e. The van der Waals surface area contributed by atoms with E-state index in [9.17, 15) is 20.4 Å². The summed E-state index contributed by atoms with van der Waals surface area (Å²) in [5.74, 6) is 0.800. The van der Waals surface area contributed by atoms with Crippen LogP contribution < -0.4 is 4.74 Å². The summed E-state index contributed by atoms with van der Waals surface area (Å²) < 4.78 is 22.7. The molecule has 2 heterocycles. The Kier molecular flexibility index (Phi) is 7.42. The number of hydrogen-bond donors (Lipinski definition) is 4. The lowest BCUT2D eigenvalue weighted by molar-refractivity contribution is -0.231. The molecule has 0 amide bonds. The first-order valence-electron chi connectivity index (χ1n) is 10.9. The van der Waals surface area contributed by atoms with Crippen molar-refractivity contribution in [1.29, 1.82) is 0 Å². The smallest absolute Gasteiger partial charge is 0.184 e. The van der Waals surface area contributed by atoms with Crippen molar-refractivity contribution in [3.63, 3.8) is 0 Å². The lowest BCUT2D eigenvalue weighted by atomic mass is 9.88. The van der Waals surface area contributed by atoms with Crippen molar-refractivity contribution in [2.75, 3.05) is 26.4 Å². The summed E-state index contributed by atoms with van der Waals surface area (Å²) in [6.45, 7) is 3.10. The second-order valence-corrected chi connectivity index (χ2v) is 8.03. The Morgan fingerprint density at radius 2 is 1.66 bits per heavy atom. The van der Waals surface area contributed by atoms with Gasteiger partial charge in [0.1, 0.15) is 36.3 Å². The Morgan fingerprint density at radius 1 is 0.938 bits per heavy atom. The van der Waals surface area contributed by atoms with Gasteiger partial charge in [-0.3, -0.25) is 0 Å². The largest absolute Gasteiger partial charge is 0.494 e. The Morgan fingerprint density at radius 3 is 2.31 bits per heavy atom. The Bertz CT molecular complexity index is 878. The summed E-state index contributed by atoms with van der Waals surface area (Å²) in [5.41, 5.74) is 3.49. The maximum absolute atomic E-state index is 10.5. The zero-order valence-electron chi connectivity index (χ0n) is 18.0. The van der Waals surface area contributed by atoms with Gasteiger partial charge in [-0.25, -0.2) is 0 Å². The van der Waals surface area contributed by atoms with Crippen LogP contribution in [0, 0.1) is 0 Å². The zero-order valence-corrected chi connectivity index (χ0v) is 18.0. The fourth-order valence-electron chi connectivity index (χ4n) is 4.19. The van der Waals surface area contributed by atoms with Crippen molar-refractivity contribution in [3.05, 3.63) is 64.7 Å². The number of benzene rings is 2. The second kappa shape index (κ2) is 10.3. The average molecular weight is 446 g/mol. The first-order valence-corrected chi connectivity index (χ1v) is 10.9. The van der Waals surface area contributed by atoms with E-state index in [2.05, 4.69) is 0 Å². The van der Waals surface area contributed by atoms with Crippen molar-refractivity contribution >= 4 is 0 Å². The lowest BCUT2D eigenvalue weighted by Gasteiger charge is -2.40. The third-order valence-electron chi connectivity index (χ3n) is 5.89. The van der Waals surface area contributed by atoms with Crippen LogP contribution in [-0.4, -0.2) is 71.3 Å². The highest BCUT2D eigenvalue weighted by molar-refractivity contribution is 5.39. The van der Waals surface area contributed by atoms with Crippen LogP contribution in [0.2, 0.25) is 0 Å². The number of ether oxygens (including phenoxy) is 4. The fraction of sp³-hybridized carbons (Fsp3) is 0.500. The third-order valence-corrected chi connectivity index (χ3v) is 5.89. The van der Waals surface area contributed by atoms with Gasteiger partial charge in [-0.15, -0.1) is 0 Å². The van der Waals surface area contributed by atoms with Gasteiger partial charge >= 0.3 is 0 Å². The van der Waals surface area contributed by atoms with Gasteiger partial charge in [-0.05, 0) is 42.2 Å². The van der Waals surface area contributed by atoms with E-state index in [0.717, 1.165) is 22.4 Å². The summed E-state index contributed by atoms with van der Waals surface area (Å²) >= 11 is 0. The summed E-state index contributed by atoms with van der Waals surface area (Å²) in [4.78, 5) is 0. The van der Waals surface area contributed by atoms with Crippen LogP contribution in [-0.2, 0) is 20.6 Å². The third kappa shape index (κ3) is 4.82. The van der Waals surface area contributed by atoms with Crippen LogP contribution in [0.15, 0.2) is 42.5 Å². The first kappa shape index (κ1) is 23.1. The summed E-state index contributed by atoms with van der Waals surface area (Å²) in [6, 6.07) is 13.4. The molecule has 4 rings (SSSR count). The lowest BCUT2D eigenvalue weighted by Crippen LogP contribution is -2.55. The number of aliphatic hydroxyl groups is 4. The molecule has 0 radical (unpaired) electrons. The molecule has 2 aromatic rings. The minimum Gasteiger partial charge on any atom is -0.494 e. The highest BCUT2D eigenvalue weighted by atomic mass is 16.7. The Balaban J connectivity index is 1.64. The first-order chi connectivity index (χ1) is 15.5. The molecule has 8 heteroatoms. The summed E-state index contributed by atoms with van der Waals surface area (Å²) in [5, 5.41) is 40.3. The standard InChI is InChI=1S/C24H30O8/c1-2-29-17-6-3-14(4-7-17)11-16-12-15(5-8-18(16)24-30-9-10-31-24)23-22(28)21(27)20(26)19(13-25)32-23/h3-8,12,19-28H,2,9-11,13H2,1H3/t19-,20-,21+,22-,23+/m1/s1. The van der Waals surface area contributed by atoms with E-state index < -0.39 is 43.4 Å². The molecule has 8 nitrogen and oxygen atoms in total. The molecule has 2 saturated heterocycles. The van der Waals surface area contributed by atoms with E-state index >= 15 is 0 Å². The molecular weight excluding hydrogens is 416 g/mol. The van der Waals surface area contributed by atoms with Gasteiger partial charge in [0, 0.05) is 5.56 Å². The molecule has 0 spiro atoms. The van der Waals surface area contributed by atoms with E-state index in [1.54, 1.807) is 6.07 Å². The molecule has 32 heavy (non-hydrogen) atoms. The SMILES string of the molecule is CCOc1ccc(Cc2cc([C@@H]3O[C@H](CO)[C@@H](O)[C@H](O)[C@H]3O)ccc2C2OCCO2)cc1. The zero-order chi connectivity index (χ0) is 22.7. The highest BCUT2D eigenvalue weighted by Crippen LogP contribution is 2.36. The highest BCUT2D eigenvalue weighted by Gasteiger charge is 2.44. The van der Waals surface area contributed by atoms with E-state index in [-0.39, 0.29) is 0 Å². The number of hydrogen-bond acceptors (Lipinski definition) is 8. The predicted molar refractivity (Wildman–Crippen MR) is 114 cm³/mol. The molecule has 0 unspecified atom stereocenters. The Labute approximate surface area is 186 Å². The van der Waals surface area contributed by atoms with Crippen LogP contribution in [0.5, 0.6) is 5.75 Å². The fourth-order valence-corrected chi connectivity index (χ4v) is 4.19. The minimum absolute atomic E-state index is 0.470. The van der Waals surface area contributed by atoms with E-state index in [1.807, 2.05) is 43.3 Å². The van der Waals surface area contributed by atoms with Gasteiger partial charge in [0.15, 0.2) is 6.29 Å². The van der Waals surface area contributed by atoms with Crippen molar-refractivity contribution < 1.29 is 39.4 Å². The average Bonchev–Trinajstić information content (AvgIpc) is 3.34. The van der Waals surface area contributed by atoms with E-state index in [1.165, 1.54) is 0 Å². The van der Waals surface area contributed by atoms with Gasteiger partial charge in [0.25, 0.3) is 0 Å². The van der Waals surface area contributed by atoms with Crippen LogP contribution >= 0.6 is 0 Å². The topological polar surface area (TPSA) is 118 Å². The van der Waals surface area contributed by atoms with Crippen LogP contribution in [0.4, 0.5) is 0 Å². The Hall–Kier alpha value is -2.04. The van der Waals surface area contributed by atoms with E-state index in [0.29, 0.717) is 31.8 Å².